The van der Waals surface area contributed by atoms with E-state index in [0.29, 0.717) is 0 Å². The molecule has 2 aromatic rings. The van der Waals surface area contributed by atoms with Gasteiger partial charge in [0.15, 0.2) is 0 Å². The summed E-state index contributed by atoms with van der Waals surface area (Å²) in [6.07, 6.45) is 0. The molecule has 1 heterocycles. The zero-order valence-electron chi connectivity index (χ0n) is 9.77. The number of rotatable bonds is 4. The highest BCUT2D eigenvalue weighted by Crippen LogP contribution is 2.28. The Morgan fingerprint density at radius 1 is 1.41 bits per heavy atom. The predicted octanol–water partition coefficient (Wildman–Crippen LogP) is 3.33. The van der Waals surface area contributed by atoms with Crippen molar-refractivity contribution in [1.29, 1.82) is 0 Å². The van der Waals surface area contributed by atoms with E-state index in [2.05, 4.69) is 10.4 Å². The van der Waals surface area contributed by atoms with Gasteiger partial charge in [0.1, 0.15) is 10.1 Å². The van der Waals surface area contributed by atoms with Crippen molar-refractivity contribution in [2.75, 3.05) is 12.8 Å². The molecule has 1 aromatic carbocycles. The standard InChI is InChI=1S/C12H14N2OS2/c1-8-6-16-12(14-8)17-7-9-3-10(13)5-11(4-9)15-2/h3-6H,7,13H2,1-2H3. The molecular weight excluding hydrogens is 252 g/mol. The first-order chi connectivity index (χ1) is 8.17. The molecule has 0 unspecified atom stereocenters. The molecule has 3 nitrogen and oxygen atoms in total. The van der Waals surface area contributed by atoms with Crippen molar-refractivity contribution in [3.05, 3.63) is 34.8 Å². The van der Waals surface area contributed by atoms with E-state index in [0.717, 1.165) is 32.8 Å². The monoisotopic (exact) mass is 266 g/mol. The summed E-state index contributed by atoms with van der Waals surface area (Å²) in [6, 6.07) is 5.79. The third-order valence-electron chi connectivity index (χ3n) is 2.18. The second-order valence-electron chi connectivity index (χ2n) is 3.66. The molecule has 2 N–H and O–H groups in total. The van der Waals surface area contributed by atoms with Crippen molar-refractivity contribution in [2.45, 2.75) is 17.0 Å². The zero-order chi connectivity index (χ0) is 12.3. The number of aryl methyl sites for hydroxylation is 1. The molecular formula is C12H14N2OS2. The molecule has 1 aromatic heterocycles. The van der Waals surface area contributed by atoms with E-state index in [1.165, 1.54) is 0 Å². The van der Waals surface area contributed by atoms with Gasteiger partial charge in [-0.3, -0.25) is 0 Å². The fraction of sp³-hybridized carbons (Fsp3) is 0.250. The smallest absolute Gasteiger partial charge is 0.150 e. The Labute approximate surface area is 109 Å². The molecule has 0 fully saturated rings. The molecule has 0 atom stereocenters. The van der Waals surface area contributed by atoms with Gasteiger partial charge in [-0.15, -0.1) is 11.3 Å². The van der Waals surface area contributed by atoms with Crippen LogP contribution in [0.15, 0.2) is 27.9 Å². The van der Waals surface area contributed by atoms with E-state index in [1.807, 2.05) is 25.1 Å². The molecule has 0 bridgehead atoms. The first-order valence-corrected chi connectivity index (χ1v) is 7.02. The van der Waals surface area contributed by atoms with Crippen molar-refractivity contribution < 1.29 is 4.74 Å². The average molecular weight is 266 g/mol. The van der Waals surface area contributed by atoms with Gasteiger partial charge in [0.25, 0.3) is 0 Å². The summed E-state index contributed by atoms with van der Waals surface area (Å²) in [4.78, 5) is 4.41. The lowest BCUT2D eigenvalue weighted by Gasteiger charge is -2.05. The molecule has 0 aliphatic heterocycles. The highest BCUT2D eigenvalue weighted by atomic mass is 32.2. The lowest BCUT2D eigenvalue weighted by atomic mass is 10.2. The quantitative estimate of drug-likeness (QED) is 0.681. The number of ether oxygens (including phenoxy) is 1. The average Bonchev–Trinajstić information content (AvgIpc) is 2.72. The number of nitrogen functional groups attached to an aromatic ring is 1. The largest absolute Gasteiger partial charge is 0.497 e. The maximum atomic E-state index is 5.81. The molecule has 0 saturated carbocycles. The molecule has 90 valence electrons. The summed E-state index contributed by atoms with van der Waals surface area (Å²) in [5, 5.41) is 2.06. The third kappa shape index (κ3) is 3.38. The first kappa shape index (κ1) is 12.3. The van der Waals surface area contributed by atoms with E-state index < -0.39 is 0 Å². The van der Waals surface area contributed by atoms with Crippen molar-refractivity contribution in [2.24, 2.45) is 0 Å². The lowest BCUT2D eigenvalue weighted by molar-refractivity contribution is 0.414. The Balaban J connectivity index is 2.05. The maximum absolute atomic E-state index is 5.81. The Morgan fingerprint density at radius 2 is 2.24 bits per heavy atom. The number of hydrogen-bond acceptors (Lipinski definition) is 5. The third-order valence-corrected chi connectivity index (χ3v) is 4.39. The fourth-order valence-electron chi connectivity index (χ4n) is 1.43. The predicted molar refractivity (Wildman–Crippen MR) is 73.8 cm³/mol. The number of hydrogen-bond donors (Lipinski definition) is 1. The first-order valence-electron chi connectivity index (χ1n) is 5.16. The highest BCUT2D eigenvalue weighted by molar-refractivity contribution is 8.00. The molecule has 5 heteroatoms. The Morgan fingerprint density at radius 3 is 2.88 bits per heavy atom. The minimum Gasteiger partial charge on any atom is -0.497 e. The number of thioether (sulfide) groups is 1. The zero-order valence-corrected chi connectivity index (χ0v) is 11.4. The SMILES string of the molecule is COc1cc(N)cc(CSc2nc(C)cs2)c1. The number of thiazole rings is 1. The summed E-state index contributed by atoms with van der Waals surface area (Å²) in [5.74, 6) is 1.66. The van der Waals surface area contributed by atoms with Crippen LogP contribution in [-0.4, -0.2) is 12.1 Å². The van der Waals surface area contributed by atoms with Crippen LogP contribution in [-0.2, 0) is 5.75 Å². The molecule has 2 rings (SSSR count). The van der Waals surface area contributed by atoms with Crippen LogP contribution in [0.2, 0.25) is 0 Å². The molecule has 17 heavy (non-hydrogen) atoms. The van der Waals surface area contributed by atoms with E-state index in [4.69, 9.17) is 10.5 Å². The van der Waals surface area contributed by atoms with Gasteiger partial charge in [0, 0.05) is 28.6 Å². The van der Waals surface area contributed by atoms with Crippen LogP contribution in [0.3, 0.4) is 0 Å². The second-order valence-corrected chi connectivity index (χ2v) is 5.74. The van der Waals surface area contributed by atoms with Crippen molar-refractivity contribution in [1.82, 2.24) is 4.98 Å². The van der Waals surface area contributed by atoms with Gasteiger partial charge >= 0.3 is 0 Å². The van der Waals surface area contributed by atoms with E-state index >= 15 is 0 Å². The molecule has 0 saturated heterocycles. The van der Waals surface area contributed by atoms with E-state index in [-0.39, 0.29) is 0 Å². The van der Waals surface area contributed by atoms with Crippen LogP contribution < -0.4 is 10.5 Å². The van der Waals surface area contributed by atoms with Gasteiger partial charge in [-0.1, -0.05) is 11.8 Å². The van der Waals surface area contributed by atoms with Crippen molar-refractivity contribution >= 4 is 28.8 Å². The minimum atomic E-state index is 0.732. The van der Waals surface area contributed by atoms with Gasteiger partial charge < -0.3 is 10.5 Å². The number of nitrogens with zero attached hydrogens (tertiary/aromatic N) is 1. The molecule has 0 aliphatic carbocycles. The van der Waals surface area contributed by atoms with Crippen LogP contribution in [0, 0.1) is 6.92 Å². The summed E-state index contributed by atoms with van der Waals surface area (Å²) in [7, 11) is 1.65. The number of anilines is 1. The lowest BCUT2D eigenvalue weighted by Crippen LogP contribution is -1.91. The number of methoxy groups -OCH3 is 1. The van der Waals surface area contributed by atoms with Gasteiger partial charge in [0.05, 0.1) is 7.11 Å². The van der Waals surface area contributed by atoms with Gasteiger partial charge in [-0.25, -0.2) is 4.98 Å². The Hall–Kier alpha value is -1.20. The van der Waals surface area contributed by atoms with Gasteiger partial charge in [-0.2, -0.15) is 0 Å². The van der Waals surface area contributed by atoms with Crippen molar-refractivity contribution in [3.8, 4) is 5.75 Å². The number of nitrogens with two attached hydrogens (primary N) is 1. The molecule has 0 spiro atoms. The minimum absolute atomic E-state index is 0.732. The highest BCUT2D eigenvalue weighted by Gasteiger charge is 2.03. The van der Waals surface area contributed by atoms with Crippen LogP contribution in [0.4, 0.5) is 5.69 Å². The van der Waals surface area contributed by atoms with E-state index in [9.17, 15) is 0 Å². The summed E-state index contributed by atoms with van der Waals surface area (Å²) < 4.78 is 6.28. The summed E-state index contributed by atoms with van der Waals surface area (Å²) in [6.45, 7) is 2.00. The van der Waals surface area contributed by atoms with Crippen LogP contribution in [0.5, 0.6) is 5.75 Å². The Kier molecular flexibility index (Phi) is 3.91. The topological polar surface area (TPSA) is 48.1 Å². The summed E-state index contributed by atoms with van der Waals surface area (Å²) in [5.41, 5.74) is 8.76. The van der Waals surface area contributed by atoms with Crippen LogP contribution in [0.1, 0.15) is 11.3 Å². The number of aromatic nitrogens is 1. The molecule has 0 aliphatic rings. The van der Waals surface area contributed by atoms with Crippen LogP contribution >= 0.6 is 23.1 Å². The Bertz CT molecular complexity index is 511. The van der Waals surface area contributed by atoms with Crippen LogP contribution in [0.25, 0.3) is 0 Å². The van der Waals surface area contributed by atoms with Gasteiger partial charge in [0.2, 0.25) is 0 Å². The summed E-state index contributed by atoms with van der Waals surface area (Å²) >= 11 is 3.39. The fourth-order valence-corrected chi connectivity index (χ4v) is 3.21. The normalized spacial score (nSPS) is 10.5. The van der Waals surface area contributed by atoms with Gasteiger partial charge in [-0.05, 0) is 24.6 Å². The molecule has 0 radical (unpaired) electrons. The maximum Gasteiger partial charge on any atom is 0.150 e. The second kappa shape index (κ2) is 5.42. The molecule has 0 amide bonds. The van der Waals surface area contributed by atoms with Crippen molar-refractivity contribution in [3.63, 3.8) is 0 Å². The van der Waals surface area contributed by atoms with E-state index in [1.54, 1.807) is 30.2 Å². The number of benzene rings is 1.